The zero-order valence-electron chi connectivity index (χ0n) is 12.2. The largest absolute Gasteiger partial charge is 0.390 e. The van der Waals surface area contributed by atoms with Crippen molar-refractivity contribution in [1.82, 2.24) is 4.31 Å². The van der Waals surface area contributed by atoms with Crippen molar-refractivity contribution in [3.05, 3.63) is 35.9 Å². The van der Waals surface area contributed by atoms with Gasteiger partial charge in [0.05, 0.1) is 12.4 Å². The van der Waals surface area contributed by atoms with Crippen molar-refractivity contribution in [2.24, 2.45) is 5.92 Å². The van der Waals surface area contributed by atoms with Gasteiger partial charge in [0.15, 0.2) is 0 Å². The first-order valence-electron chi connectivity index (χ1n) is 7.24. The number of piperidine rings is 1. The normalized spacial score (nSPS) is 23.7. The third-order valence-electron chi connectivity index (χ3n) is 4.03. The highest BCUT2D eigenvalue weighted by Gasteiger charge is 2.29. The molecule has 118 valence electrons. The van der Waals surface area contributed by atoms with Crippen LogP contribution in [0.1, 0.15) is 30.9 Å². The number of benzene rings is 1. The smallest absolute Gasteiger partial charge is 0.211 e. The Labute approximate surface area is 126 Å². The SMILES string of the molecule is CS(=O)(=O)N1CCCC(CC(O)C(O)c2ccccc2)C1. The third-order valence-corrected chi connectivity index (χ3v) is 5.30. The fourth-order valence-corrected chi connectivity index (χ4v) is 3.81. The number of aliphatic hydroxyl groups excluding tert-OH is 2. The molecule has 0 aromatic heterocycles. The molecule has 1 fully saturated rings. The van der Waals surface area contributed by atoms with E-state index in [0.717, 1.165) is 12.8 Å². The van der Waals surface area contributed by atoms with Crippen LogP contribution in [0.2, 0.25) is 0 Å². The molecule has 5 nitrogen and oxygen atoms in total. The molecule has 3 unspecified atom stereocenters. The molecule has 0 bridgehead atoms. The summed E-state index contributed by atoms with van der Waals surface area (Å²) in [7, 11) is -3.18. The molecule has 1 saturated heterocycles. The highest BCUT2D eigenvalue weighted by Crippen LogP contribution is 2.27. The van der Waals surface area contributed by atoms with Crippen LogP contribution in [0.15, 0.2) is 30.3 Å². The molecule has 6 heteroatoms. The van der Waals surface area contributed by atoms with Gasteiger partial charge in [0, 0.05) is 13.1 Å². The van der Waals surface area contributed by atoms with E-state index in [2.05, 4.69) is 0 Å². The minimum atomic E-state index is -3.18. The van der Waals surface area contributed by atoms with Crippen molar-refractivity contribution in [1.29, 1.82) is 0 Å². The lowest BCUT2D eigenvalue weighted by Crippen LogP contribution is -2.40. The number of rotatable bonds is 5. The second-order valence-corrected chi connectivity index (χ2v) is 7.77. The Bertz CT molecular complexity index is 546. The lowest BCUT2D eigenvalue weighted by atomic mass is 9.90. The summed E-state index contributed by atoms with van der Waals surface area (Å²) in [6.07, 6.45) is 1.49. The predicted octanol–water partition coefficient (Wildman–Crippen LogP) is 1.14. The Balaban J connectivity index is 1.95. The Morgan fingerprint density at radius 2 is 1.95 bits per heavy atom. The van der Waals surface area contributed by atoms with Gasteiger partial charge in [-0.1, -0.05) is 30.3 Å². The monoisotopic (exact) mass is 313 g/mol. The summed E-state index contributed by atoms with van der Waals surface area (Å²) in [5.74, 6) is 0.0850. The number of nitrogens with zero attached hydrogens (tertiary/aromatic N) is 1. The molecule has 0 aliphatic carbocycles. The molecule has 21 heavy (non-hydrogen) atoms. The third kappa shape index (κ3) is 4.51. The zero-order valence-corrected chi connectivity index (χ0v) is 13.0. The lowest BCUT2D eigenvalue weighted by Gasteiger charge is -2.32. The van der Waals surface area contributed by atoms with Crippen LogP contribution < -0.4 is 0 Å². The van der Waals surface area contributed by atoms with Crippen molar-refractivity contribution < 1.29 is 18.6 Å². The molecule has 0 amide bonds. The predicted molar refractivity (Wildman–Crippen MR) is 81.2 cm³/mol. The van der Waals surface area contributed by atoms with Gasteiger partial charge in [-0.3, -0.25) is 0 Å². The molecule has 0 radical (unpaired) electrons. The first-order chi connectivity index (χ1) is 9.88. The quantitative estimate of drug-likeness (QED) is 0.854. The molecule has 2 N–H and O–H groups in total. The van der Waals surface area contributed by atoms with Crippen LogP contribution in [-0.4, -0.2) is 48.4 Å². The maximum Gasteiger partial charge on any atom is 0.211 e. The van der Waals surface area contributed by atoms with Crippen LogP contribution in [0.5, 0.6) is 0 Å². The van der Waals surface area contributed by atoms with Crippen LogP contribution in [0.3, 0.4) is 0 Å². The number of aliphatic hydroxyl groups is 2. The van der Waals surface area contributed by atoms with Crippen LogP contribution in [-0.2, 0) is 10.0 Å². The van der Waals surface area contributed by atoms with Crippen LogP contribution in [0.25, 0.3) is 0 Å². The van der Waals surface area contributed by atoms with Crippen molar-refractivity contribution in [3.63, 3.8) is 0 Å². The fourth-order valence-electron chi connectivity index (χ4n) is 2.86. The highest BCUT2D eigenvalue weighted by atomic mass is 32.2. The zero-order chi connectivity index (χ0) is 15.5. The van der Waals surface area contributed by atoms with Gasteiger partial charge in [0.2, 0.25) is 10.0 Å². The number of hydrogen-bond acceptors (Lipinski definition) is 4. The summed E-state index contributed by atoms with van der Waals surface area (Å²) < 4.78 is 24.6. The first kappa shape index (κ1) is 16.4. The van der Waals surface area contributed by atoms with E-state index in [0.29, 0.717) is 25.1 Å². The van der Waals surface area contributed by atoms with E-state index in [1.807, 2.05) is 18.2 Å². The first-order valence-corrected chi connectivity index (χ1v) is 9.09. The average Bonchev–Trinajstić information content (AvgIpc) is 2.47. The lowest BCUT2D eigenvalue weighted by molar-refractivity contribution is -0.000903. The van der Waals surface area contributed by atoms with Crippen LogP contribution in [0, 0.1) is 5.92 Å². The molecule has 3 atom stereocenters. The van der Waals surface area contributed by atoms with Gasteiger partial charge in [0.25, 0.3) is 0 Å². The minimum Gasteiger partial charge on any atom is -0.390 e. The Morgan fingerprint density at radius 1 is 1.29 bits per heavy atom. The van der Waals surface area contributed by atoms with Gasteiger partial charge in [-0.25, -0.2) is 12.7 Å². The summed E-state index contributed by atoms with van der Waals surface area (Å²) in [4.78, 5) is 0. The molecule has 1 aliphatic rings. The van der Waals surface area contributed by atoms with E-state index >= 15 is 0 Å². The molecule has 1 heterocycles. The van der Waals surface area contributed by atoms with Gasteiger partial charge >= 0.3 is 0 Å². The van der Waals surface area contributed by atoms with E-state index < -0.39 is 22.2 Å². The summed E-state index contributed by atoms with van der Waals surface area (Å²) in [6, 6.07) is 9.04. The van der Waals surface area contributed by atoms with E-state index in [1.165, 1.54) is 10.6 Å². The molecular formula is C15H23NO4S. The summed E-state index contributed by atoms with van der Waals surface area (Å²) in [5.41, 5.74) is 0.681. The van der Waals surface area contributed by atoms with Crippen molar-refractivity contribution in [3.8, 4) is 0 Å². The molecular weight excluding hydrogens is 290 g/mol. The van der Waals surface area contributed by atoms with Gasteiger partial charge in [-0.2, -0.15) is 0 Å². The second kappa shape index (κ2) is 6.87. The molecule has 0 spiro atoms. The van der Waals surface area contributed by atoms with E-state index in [4.69, 9.17) is 0 Å². The second-order valence-electron chi connectivity index (χ2n) is 5.79. The summed E-state index contributed by atoms with van der Waals surface area (Å²) in [6.45, 7) is 0.976. The van der Waals surface area contributed by atoms with Crippen molar-refractivity contribution >= 4 is 10.0 Å². The standard InChI is InChI=1S/C15H23NO4S/c1-21(19,20)16-9-5-6-12(11-16)10-14(17)15(18)13-7-3-2-4-8-13/h2-4,7-8,12,14-15,17-18H,5-6,9-11H2,1H3. The van der Waals surface area contributed by atoms with Gasteiger partial charge < -0.3 is 10.2 Å². The highest BCUT2D eigenvalue weighted by molar-refractivity contribution is 7.88. The van der Waals surface area contributed by atoms with Crippen molar-refractivity contribution in [2.75, 3.05) is 19.3 Å². The van der Waals surface area contributed by atoms with Gasteiger partial charge in [0.1, 0.15) is 6.10 Å². The molecule has 1 aromatic rings. The van der Waals surface area contributed by atoms with Crippen LogP contribution in [0.4, 0.5) is 0 Å². The summed E-state index contributed by atoms with van der Waals surface area (Å²) in [5, 5.41) is 20.4. The number of sulfonamides is 1. The number of hydrogen-bond donors (Lipinski definition) is 2. The molecule has 1 aromatic carbocycles. The average molecular weight is 313 g/mol. The molecule has 0 saturated carbocycles. The maximum absolute atomic E-state index is 11.6. The van der Waals surface area contributed by atoms with Crippen LogP contribution >= 0.6 is 0 Å². The Morgan fingerprint density at radius 3 is 2.57 bits per heavy atom. The fraction of sp³-hybridized carbons (Fsp3) is 0.600. The Kier molecular flexibility index (Phi) is 5.37. The molecule has 1 aliphatic heterocycles. The molecule has 2 rings (SSSR count). The Hall–Kier alpha value is -0.950. The minimum absolute atomic E-state index is 0.0850. The van der Waals surface area contributed by atoms with E-state index in [1.54, 1.807) is 12.1 Å². The summed E-state index contributed by atoms with van der Waals surface area (Å²) >= 11 is 0. The van der Waals surface area contributed by atoms with E-state index in [9.17, 15) is 18.6 Å². The van der Waals surface area contributed by atoms with Gasteiger partial charge in [-0.15, -0.1) is 0 Å². The van der Waals surface area contributed by atoms with E-state index in [-0.39, 0.29) is 5.92 Å². The topological polar surface area (TPSA) is 77.8 Å². The maximum atomic E-state index is 11.6. The van der Waals surface area contributed by atoms with Gasteiger partial charge in [-0.05, 0) is 30.7 Å². The van der Waals surface area contributed by atoms with Crippen molar-refractivity contribution in [2.45, 2.75) is 31.5 Å².